The Hall–Kier alpha value is -2.73. The van der Waals surface area contributed by atoms with Gasteiger partial charge in [0.05, 0.1) is 12.7 Å². The number of nitrogens with one attached hydrogen (secondary N) is 1. The Labute approximate surface area is 117 Å². The first-order chi connectivity index (χ1) is 9.81. The van der Waals surface area contributed by atoms with Gasteiger partial charge in [-0.2, -0.15) is 5.26 Å². The van der Waals surface area contributed by atoms with Crippen LogP contribution in [0.4, 0.5) is 0 Å². The number of H-pyrrole nitrogens is 1. The van der Waals surface area contributed by atoms with E-state index in [4.69, 9.17) is 4.74 Å². The van der Waals surface area contributed by atoms with Crippen LogP contribution in [0.3, 0.4) is 0 Å². The molecule has 1 N–H and O–H groups in total. The molecule has 0 unspecified atom stereocenters. The summed E-state index contributed by atoms with van der Waals surface area (Å²) in [7, 11) is 1.65. The fraction of sp³-hybridized carbons (Fsp3) is 0.118. The van der Waals surface area contributed by atoms with Crippen LogP contribution in [0.15, 0.2) is 48.5 Å². The van der Waals surface area contributed by atoms with Gasteiger partial charge in [-0.15, -0.1) is 0 Å². The number of aromatic nitrogens is 1. The molecule has 0 atom stereocenters. The van der Waals surface area contributed by atoms with E-state index in [1.54, 1.807) is 7.11 Å². The lowest BCUT2D eigenvalue weighted by Crippen LogP contribution is -1.91. The summed E-state index contributed by atoms with van der Waals surface area (Å²) < 4.78 is 5.15. The van der Waals surface area contributed by atoms with Crippen molar-refractivity contribution >= 4 is 10.9 Å². The molecule has 3 nitrogen and oxygen atoms in total. The zero-order valence-corrected chi connectivity index (χ0v) is 11.2. The van der Waals surface area contributed by atoms with Gasteiger partial charge >= 0.3 is 0 Å². The SMILES string of the molecule is COc1ccc(Cc2[nH]c3ccccc3c2C#N)cc1. The zero-order chi connectivity index (χ0) is 13.9. The minimum absolute atomic E-state index is 0.710. The van der Waals surface area contributed by atoms with Crippen LogP contribution in [0, 0.1) is 11.3 Å². The van der Waals surface area contributed by atoms with E-state index < -0.39 is 0 Å². The van der Waals surface area contributed by atoms with Gasteiger partial charge in [-0.25, -0.2) is 0 Å². The average Bonchev–Trinajstić information content (AvgIpc) is 2.85. The van der Waals surface area contributed by atoms with E-state index in [-0.39, 0.29) is 0 Å². The van der Waals surface area contributed by atoms with Gasteiger partial charge in [0.2, 0.25) is 0 Å². The Morgan fingerprint density at radius 1 is 1.10 bits per heavy atom. The number of nitriles is 1. The average molecular weight is 262 g/mol. The van der Waals surface area contributed by atoms with Crippen LogP contribution >= 0.6 is 0 Å². The van der Waals surface area contributed by atoms with Gasteiger partial charge in [0.15, 0.2) is 0 Å². The largest absolute Gasteiger partial charge is 0.497 e. The zero-order valence-electron chi connectivity index (χ0n) is 11.2. The predicted octanol–water partition coefficient (Wildman–Crippen LogP) is 3.64. The lowest BCUT2D eigenvalue weighted by Gasteiger charge is -2.02. The first kappa shape index (κ1) is 12.3. The number of methoxy groups -OCH3 is 1. The van der Waals surface area contributed by atoms with Gasteiger partial charge in [-0.1, -0.05) is 30.3 Å². The number of nitrogens with zero attached hydrogens (tertiary/aromatic N) is 1. The van der Waals surface area contributed by atoms with E-state index in [2.05, 4.69) is 11.1 Å². The van der Waals surface area contributed by atoms with E-state index in [1.165, 1.54) is 0 Å². The fourth-order valence-corrected chi connectivity index (χ4v) is 2.41. The third-order valence-electron chi connectivity index (χ3n) is 3.44. The molecular weight excluding hydrogens is 248 g/mol. The minimum atomic E-state index is 0.710. The van der Waals surface area contributed by atoms with Gasteiger partial charge in [-0.05, 0) is 23.8 Å². The molecule has 0 radical (unpaired) electrons. The molecule has 3 rings (SSSR count). The van der Waals surface area contributed by atoms with Crippen LogP contribution in [0.5, 0.6) is 5.75 Å². The first-order valence-corrected chi connectivity index (χ1v) is 6.44. The van der Waals surface area contributed by atoms with Gasteiger partial charge in [0, 0.05) is 23.0 Å². The molecule has 0 aliphatic rings. The van der Waals surface area contributed by atoms with E-state index in [9.17, 15) is 5.26 Å². The highest BCUT2D eigenvalue weighted by molar-refractivity contribution is 5.87. The predicted molar refractivity (Wildman–Crippen MR) is 78.8 cm³/mol. The van der Waals surface area contributed by atoms with Crippen LogP contribution in [0.25, 0.3) is 10.9 Å². The van der Waals surface area contributed by atoms with Crippen molar-refractivity contribution in [2.24, 2.45) is 0 Å². The molecule has 0 aliphatic carbocycles. The molecule has 98 valence electrons. The summed E-state index contributed by atoms with van der Waals surface area (Å²) >= 11 is 0. The van der Waals surface area contributed by atoms with Gasteiger partial charge in [-0.3, -0.25) is 0 Å². The molecule has 0 saturated heterocycles. The number of aromatic amines is 1. The lowest BCUT2D eigenvalue weighted by atomic mass is 10.1. The van der Waals surface area contributed by atoms with Crippen molar-refractivity contribution in [2.45, 2.75) is 6.42 Å². The van der Waals surface area contributed by atoms with E-state index in [1.807, 2.05) is 48.5 Å². The summed E-state index contributed by atoms with van der Waals surface area (Å²) in [6.07, 6.45) is 0.710. The summed E-state index contributed by atoms with van der Waals surface area (Å²) in [5, 5.41) is 10.4. The summed E-state index contributed by atoms with van der Waals surface area (Å²) in [6.45, 7) is 0. The summed E-state index contributed by atoms with van der Waals surface area (Å²) in [4.78, 5) is 3.34. The van der Waals surface area contributed by atoms with Gasteiger partial charge < -0.3 is 9.72 Å². The molecular formula is C17H14N2O. The molecule has 0 fully saturated rings. The number of para-hydroxylation sites is 1. The summed E-state index contributed by atoms with van der Waals surface area (Å²) in [5.74, 6) is 0.839. The molecule has 0 spiro atoms. The first-order valence-electron chi connectivity index (χ1n) is 6.44. The van der Waals surface area contributed by atoms with Crippen molar-refractivity contribution in [1.29, 1.82) is 5.26 Å². The molecule has 0 saturated carbocycles. The van der Waals surface area contributed by atoms with Crippen molar-refractivity contribution < 1.29 is 4.74 Å². The van der Waals surface area contributed by atoms with Crippen LogP contribution in [0.1, 0.15) is 16.8 Å². The minimum Gasteiger partial charge on any atom is -0.497 e. The molecule has 1 aromatic heterocycles. The lowest BCUT2D eigenvalue weighted by molar-refractivity contribution is 0.414. The standard InChI is InChI=1S/C17H14N2O/c1-20-13-8-6-12(7-9-13)10-17-15(11-18)14-4-2-3-5-16(14)19-17/h2-9,19H,10H2,1H3. The maximum absolute atomic E-state index is 9.38. The fourth-order valence-electron chi connectivity index (χ4n) is 2.41. The Kier molecular flexibility index (Phi) is 3.14. The normalized spacial score (nSPS) is 10.4. The second-order valence-corrected chi connectivity index (χ2v) is 4.66. The second kappa shape index (κ2) is 5.10. The topological polar surface area (TPSA) is 48.8 Å². The number of hydrogen-bond acceptors (Lipinski definition) is 2. The van der Waals surface area contributed by atoms with Gasteiger partial charge in [0.1, 0.15) is 11.8 Å². The Morgan fingerprint density at radius 2 is 1.85 bits per heavy atom. The number of ether oxygens (including phenoxy) is 1. The highest BCUT2D eigenvalue weighted by Gasteiger charge is 2.11. The number of hydrogen-bond donors (Lipinski definition) is 1. The monoisotopic (exact) mass is 262 g/mol. The molecule has 0 amide bonds. The maximum atomic E-state index is 9.38. The number of fused-ring (bicyclic) bond motifs is 1. The van der Waals surface area contributed by atoms with Gasteiger partial charge in [0.25, 0.3) is 0 Å². The smallest absolute Gasteiger partial charge is 0.118 e. The Morgan fingerprint density at radius 3 is 2.55 bits per heavy atom. The van der Waals surface area contributed by atoms with Crippen molar-refractivity contribution in [3.63, 3.8) is 0 Å². The molecule has 3 aromatic rings. The summed E-state index contributed by atoms with van der Waals surface area (Å²) in [5.41, 5.74) is 3.84. The molecule has 20 heavy (non-hydrogen) atoms. The van der Waals surface area contributed by atoms with E-state index >= 15 is 0 Å². The van der Waals surface area contributed by atoms with Crippen LogP contribution in [-0.2, 0) is 6.42 Å². The second-order valence-electron chi connectivity index (χ2n) is 4.66. The molecule has 3 heteroatoms. The highest BCUT2D eigenvalue weighted by Crippen LogP contribution is 2.24. The molecule has 0 bridgehead atoms. The highest BCUT2D eigenvalue weighted by atomic mass is 16.5. The summed E-state index contributed by atoms with van der Waals surface area (Å²) in [6, 6.07) is 18.1. The molecule has 2 aromatic carbocycles. The third kappa shape index (κ3) is 2.12. The molecule has 1 heterocycles. The number of rotatable bonds is 3. The Balaban J connectivity index is 1.99. The molecule has 0 aliphatic heterocycles. The van der Waals surface area contributed by atoms with E-state index in [0.717, 1.165) is 33.5 Å². The van der Waals surface area contributed by atoms with Crippen LogP contribution in [-0.4, -0.2) is 12.1 Å². The van der Waals surface area contributed by atoms with Crippen molar-refractivity contribution in [3.05, 3.63) is 65.4 Å². The van der Waals surface area contributed by atoms with Crippen LogP contribution < -0.4 is 4.74 Å². The van der Waals surface area contributed by atoms with Crippen molar-refractivity contribution in [2.75, 3.05) is 7.11 Å². The van der Waals surface area contributed by atoms with Crippen molar-refractivity contribution in [3.8, 4) is 11.8 Å². The third-order valence-corrected chi connectivity index (χ3v) is 3.44. The van der Waals surface area contributed by atoms with Crippen LogP contribution in [0.2, 0.25) is 0 Å². The Bertz CT molecular complexity index is 779. The quantitative estimate of drug-likeness (QED) is 0.783. The van der Waals surface area contributed by atoms with E-state index in [0.29, 0.717) is 6.42 Å². The maximum Gasteiger partial charge on any atom is 0.118 e. The number of benzene rings is 2. The van der Waals surface area contributed by atoms with Crippen molar-refractivity contribution in [1.82, 2.24) is 4.98 Å².